The Labute approximate surface area is 125 Å². The normalized spacial score (nSPS) is 10.8. The first-order valence-electron chi connectivity index (χ1n) is 6.88. The van der Waals surface area contributed by atoms with Crippen LogP contribution in [0.5, 0.6) is 0 Å². The molecule has 0 aliphatic carbocycles. The van der Waals surface area contributed by atoms with Gasteiger partial charge in [0.25, 0.3) is 0 Å². The summed E-state index contributed by atoms with van der Waals surface area (Å²) in [6.07, 6.45) is 3.08. The van der Waals surface area contributed by atoms with Crippen molar-refractivity contribution in [2.75, 3.05) is 6.26 Å². The first kappa shape index (κ1) is 14.9. The van der Waals surface area contributed by atoms with Crippen LogP contribution in [0.1, 0.15) is 35.3 Å². The smallest absolute Gasteiger partial charge is 0.193 e. The maximum atomic E-state index is 12.4. The number of carbonyl (C=O) groups is 1. The highest BCUT2D eigenvalue weighted by molar-refractivity contribution is 7.98. The van der Waals surface area contributed by atoms with Gasteiger partial charge in [-0.2, -0.15) is 0 Å². The van der Waals surface area contributed by atoms with Crippen LogP contribution in [0.2, 0.25) is 0 Å². The van der Waals surface area contributed by atoms with Crippen molar-refractivity contribution in [1.82, 2.24) is 0 Å². The van der Waals surface area contributed by atoms with E-state index in [1.165, 1.54) is 10.5 Å². The lowest BCUT2D eigenvalue weighted by Gasteiger charge is -2.06. The number of benzene rings is 2. The zero-order chi connectivity index (χ0) is 14.5. The number of rotatable bonds is 5. The molecule has 0 saturated heterocycles. The van der Waals surface area contributed by atoms with Crippen LogP contribution in [0.25, 0.3) is 0 Å². The second kappa shape index (κ2) is 6.76. The van der Waals surface area contributed by atoms with Gasteiger partial charge in [0.2, 0.25) is 0 Å². The molecule has 2 aromatic carbocycles. The second-order valence-corrected chi connectivity index (χ2v) is 6.23. The van der Waals surface area contributed by atoms with Gasteiger partial charge < -0.3 is 0 Å². The van der Waals surface area contributed by atoms with Gasteiger partial charge in [-0.3, -0.25) is 4.79 Å². The first-order valence-corrected chi connectivity index (χ1v) is 8.10. The van der Waals surface area contributed by atoms with Gasteiger partial charge >= 0.3 is 0 Å². The molecule has 0 aliphatic rings. The molecule has 0 heterocycles. The summed E-state index contributed by atoms with van der Waals surface area (Å²) in [6.45, 7) is 4.40. The molecule has 20 heavy (non-hydrogen) atoms. The molecule has 0 fully saturated rings. The molecule has 0 bridgehead atoms. The summed E-state index contributed by atoms with van der Waals surface area (Å²) in [7, 11) is 0. The van der Waals surface area contributed by atoms with E-state index >= 15 is 0 Å². The summed E-state index contributed by atoms with van der Waals surface area (Å²) in [6, 6.07) is 15.8. The van der Waals surface area contributed by atoms with Crippen LogP contribution in [0, 0.1) is 5.92 Å². The van der Waals surface area contributed by atoms with E-state index in [2.05, 4.69) is 26.0 Å². The predicted octanol–water partition coefficient (Wildman–Crippen LogP) is 4.84. The van der Waals surface area contributed by atoms with Gasteiger partial charge in [0.15, 0.2) is 5.78 Å². The standard InChI is InChI=1S/C18H20OS/c1-13(2)12-14-4-6-15(7-5-14)18(19)16-8-10-17(20-3)11-9-16/h4-11,13H,12H2,1-3H3. The van der Waals surface area contributed by atoms with E-state index in [1.54, 1.807) is 11.8 Å². The van der Waals surface area contributed by atoms with Gasteiger partial charge in [-0.1, -0.05) is 38.1 Å². The lowest BCUT2D eigenvalue weighted by Crippen LogP contribution is -2.02. The van der Waals surface area contributed by atoms with E-state index in [9.17, 15) is 4.79 Å². The van der Waals surface area contributed by atoms with E-state index in [-0.39, 0.29) is 5.78 Å². The lowest BCUT2D eigenvalue weighted by atomic mass is 9.98. The van der Waals surface area contributed by atoms with Gasteiger partial charge in [0.1, 0.15) is 0 Å². The average molecular weight is 284 g/mol. The minimum Gasteiger partial charge on any atom is -0.289 e. The van der Waals surface area contributed by atoms with Crippen molar-refractivity contribution in [2.24, 2.45) is 5.92 Å². The summed E-state index contributed by atoms with van der Waals surface area (Å²) in [5, 5.41) is 0. The highest BCUT2D eigenvalue weighted by atomic mass is 32.2. The number of ketones is 1. The summed E-state index contributed by atoms with van der Waals surface area (Å²) < 4.78 is 0. The molecule has 104 valence electrons. The summed E-state index contributed by atoms with van der Waals surface area (Å²) in [5.74, 6) is 0.726. The summed E-state index contributed by atoms with van der Waals surface area (Å²) in [5.41, 5.74) is 2.79. The van der Waals surface area contributed by atoms with Gasteiger partial charge in [-0.25, -0.2) is 0 Å². The number of carbonyl (C=O) groups excluding carboxylic acids is 1. The number of hydrogen-bond donors (Lipinski definition) is 0. The SMILES string of the molecule is CSc1ccc(C(=O)c2ccc(CC(C)C)cc2)cc1. The minimum atomic E-state index is 0.0914. The Morgan fingerprint density at radius 2 is 1.45 bits per heavy atom. The average Bonchev–Trinajstić information content (AvgIpc) is 2.47. The van der Waals surface area contributed by atoms with Crippen LogP contribution in [-0.4, -0.2) is 12.0 Å². The molecule has 0 unspecified atom stereocenters. The molecule has 0 aromatic heterocycles. The van der Waals surface area contributed by atoms with Crippen molar-refractivity contribution in [3.05, 3.63) is 65.2 Å². The summed E-state index contributed by atoms with van der Waals surface area (Å²) in [4.78, 5) is 13.5. The number of thioether (sulfide) groups is 1. The Bertz CT molecular complexity index is 567. The molecule has 0 radical (unpaired) electrons. The zero-order valence-corrected chi connectivity index (χ0v) is 13.0. The van der Waals surface area contributed by atoms with Crippen molar-refractivity contribution in [2.45, 2.75) is 25.2 Å². The third kappa shape index (κ3) is 3.73. The third-order valence-corrected chi connectivity index (χ3v) is 3.96. The van der Waals surface area contributed by atoms with Crippen molar-refractivity contribution < 1.29 is 4.79 Å². The maximum Gasteiger partial charge on any atom is 0.193 e. The number of hydrogen-bond acceptors (Lipinski definition) is 2. The van der Waals surface area contributed by atoms with E-state index in [0.29, 0.717) is 5.92 Å². The zero-order valence-electron chi connectivity index (χ0n) is 12.2. The van der Waals surface area contributed by atoms with E-state index in [1.807, 2.05) is 42.7 Å². The molecule has 0 saturated carbocycles. The molecule has 1 nitrogen and oxygen atoms in total. The maximum absolute atomic E-state index is 12.4. The van der Waals surface area contributed by atoms with Crippen molar-refractivity contribution in [1.29, 1.82) is 0 Å². The van der Waals surface area contributed by atoms with Crippen LogP contribution in [-0.2, 0) is 6.42 Å². The van der Waals surface area contributed by atoms with Crippen LogP contribution in [0.15, 0.2) is 53.4 Å². The fourth-order valence-electron chi connectivity index (χ4n) is 2.17. The first-order chi connectivity index (χ1) is 9.60. The molecule has 2 rings (SSSR count). The van der Waals surface area contributed by atoms with E-state index in [0.717, 1.165) is 17.5 Å². The van der Waals surface area contributed by atoms with Gasteiger partial charge in [-0.05, 0) is 48.4 Å². The molecule has 0 N–H and O–H groups in total. The molecule has 0 atom stereocenters. The topological polar surface area (TPSA) is 17.1 Å². The Hall–Kier alpha value is -1.54. The van der Waals surface area contributed by atoms with Crippen LogP contribution in [0.3, 0.4) is 0 Å². The molecular weight excluding hydrogens is 264 g/mol. The highest BCUT2D eigenvalue weighted by Crippen LogP contribution is 2.18. The Morgan fingerprint density at radius 1 is 0.950 bits per heavy atom. The Kier molecular flexibility index (Phi) is 5.02. The van der Waals surface area contributed by atoms with Gasteiger partial charge in [-0.15, -0.1) is 11.8 Å². The molecule has 2 aromatic rings. The molecule has 2 heteroatoms. The van der Waals surface area contributed by atoms with Crippen molar-refractivity contribution in [3.63, 3.8) is 0 Å². The summed E-state index contributed by atoms with van der Waals surface area (Å²) >= 11 is 1.68. The fraction of sp³-hybridized carbons (Fsp3) is 0.278. The van der Waals surface area contributed by atoms with Crippen LogP contribution < -0.4 is 0 Å². The van der Waals surface area contributed by atoms with Gasteiger partial charge in [0, 0.05) is 16.0 Å². The van der Waals surface area contributed by atoms with Crippen LogP contribution >= 0.6 is 11.8 Å². The highest BCUT2D eigenvalue weighted by Gasteiger charge is 2.09. The molecule has 0 amide bonds. The largest absolute Gasteiger partial charge is 0.289 e. The predicted molar refractivity (Wildman–Crippen MR) is 86.6 cm³/mol. The molecule has 0 aliphatic heterocycles. The third-order valence-electron chi connectivity index (χ3n) is 3.21. The van der Waals surface area contributed by atoms with E-state index in [4.69, 9.17) is 0 Å². The monoisotopic (exact) mass is 284 g/mol. The van der Waals surface area contributed by atoms with Crippen LogP contribution in [0.4, 0.5) is 0 Å². The fourth-order valence-corrected chi connectivity index (χ4v) is 2.58. The lowest BCUT2D eigenvalue weighted by molar-refractivity contribution is 0.103. The Balaban J connectivity index is 2.15. The Morgan fingerprint density at radius 3 is 1.90 bits per heavy atom. The van der Waals surface area contributed by atoms with E-state index < -0.39 is 0 Å². The van der Waals surface area contributed by atoms with Crippen molar-refractivity contribution >= 4 is 17.5 Å². The minimum absolute atomic E-state index is 0.0914. The van der Waals surface area contributed by atoms with Gasteiger partial charge in [0.05, 0.1) is 0 Å². The van der Waals surface area contributed by atoms with Crippen molar-refractivity contribution in [3.8, 4) is 0 Å². The molecule has 0 spiro atoms. The second-order valence-electron chi connectivity index (χ2n) is 5.35. The quantitative estimate of drug-likeness (QED) is 0.577. The molecular formula is C18H20OS.